The summed E-state index contributed by atoms with van der Waals surface area (Å²) in [7, 11) is 0. The Labute approximate surface area is 110 Å². The van der Waals surface area contributed by atoms with E-state index >= 15 is 0 Å². The fourth-order valence-electron chi connectivity index (χ4n) is 3.27. The van der Waals surface area contributed by atoms with Crippen LogP contribution in [-0.2, 0) is 4.79 Å². The van der Waals surface area contributed by atoms with Gasteiger partial charge < -0.3 is 15.3 Å². The summed E-state index contributed by atoms with van der Waals surface area (Å²) < 4.78 is 0. The van der Waals surface area contributed by atoms with Gasteiger partial charge in [0.2, 0.25) is 5.91 Å². The van der Waals surface area contributed by atoms with E-state index in [4.69, 9.17) is 0 Å². The summed E-state index contributed by atoms with van der Waals surface area (Å²) in [5.41, 5.74) is -0.338. The first-order valence-electron chi connectivity index (χ1n) is 7.31. The van der Waals surface area contributed by atoms with Crippen LogP contribution < -0.4 is 5.32 Å². The van der Waals surface area contributed by atoms with E-state index in [1.807, 2.05) is 4.90 Å². The number of hydrogen-bond acceptors (Lipinski definition) is 3. The summed E-state index contributed by atoms with van der Waals surface area (Å²) in [6.45, 7) is 6.43. The molecule has 2 N–H and O–H groups in total. The number of aliphatic hydroxyl groups excluding tert-OH is 1. The number of carbonyl (C=O) groups excluding carboxylic acids is 1. The van der Waals surface area contributed by atoms with Crippen LogP contribution in [0.25, 0.3) is 0 Å². The summed E-state index contributed by atoms with van der Waals surface area (Å²) in [6, 6.07) is 0. The highest BCUT2D eigenvalue weighted by Crippen LogP contribution is 2.29. The Morgan fingerprint density at radius 2 is 2.33 bits per heavy atom. The fourth-order valence-corrected chi connectivity index (χ4v) is 3.27. The molecule has 0 radical (unpaired) electrons. The molecule has 2 saturated heterocycles. The normalized spacial score (nSPS) is 36.9. The second-order valence-corrected chi connectivity index (χ2v) is 5.95. The van der Waals surface area contributed by atoms with Crippen LogP contribution in [0.15, 0.2) is 0 Å². The minimum absolute atomic E-state index is 0.216. The molecule has 1 amide bonds. The largest absolute Gasteiger partial charge is 0.391 e. The van der Waals surface area contributed by atoms with E-state index in [0.717, 1.165) is 45.2 Å². The summed E-state index contributed by atoms with van der Waals surface area (Å²) in [5.74, 6) is 0.528. The Bertz CT molecular complexity index is 300. The van der Waals surface area contributed by atoms with Gasteiger partial charge in [-0.15, -0.1) is 0 Å². The number of aliphatic hydroxyl groups is 1. The van der Waals surface area contributed by atoms with Gasteiger partial charge in [0.15, 0.2) is 0 Å². The predicted octanol–water partition coefficient (Wildman–Crippen LogP) is 1.14. The summed E-state index contributed by atoms with van der Waals surface area (Å²) in [5, 5.41) is 13.4. The lowest BCUT2D eigenvalue weighted by atomic mass is 9.88. The number of amides is 1. The number of nitrogens with one attached hydrogen (secondary N) is 1. The van der Waals surface area contributed by atoms with Crippen molar-refractivity contribution in [3.05, 3.63) is 0 Å². The Morgan fingerprint density at radius 3 is 2.89 bits per heavy atom. The zero-order valence-electron chi connectivity index (χ0n) is 11.6. The molecule has 2 aliphatic heterocycles. The van der Waals surface area contributed by atoms with Crippen LogP contribution in [0.2, 0.25) is 0 Å². The third-order valence-corrected chi connectivity index (χ3v) is 4.54. The monoisotopic (exact) mass is 254 g/mol. The molecule has 4 heteroatoms. The molecule has 2 aliphatic rings. The molecule has 2 rings (SSSR count). The van der Waals surface area contributed by atoms with E-state index < -0.39 is 0 Å². The van der Waals surface area contributed by atoms with E-state index in [1.165, 1.54) is 0 Å². The maximum atomic E-state index is 12.7. The molecule has 4 nitrogen and oxygen atoms in total. The van der Waals surface area contributed by atoms with Gasteiger partial charge in [-0.25, -0.2) is 0 Å². The molecule has 2 heterocycles. The number of β-amino-alcohol motifs (C(OH)–C–C–N with tert-alkyl or cyclic N) is 1. The molecule has 0 saturated carbocycles. The number of rotatable bonds is 3. The third kappa shape index (κ3) is 2.54. The van der Waals surface area contributed by atoms with Crippen molar-refractivity contribution >= 4 is 5.91 Å². The SMILES string of the molecule is CCCC1(C(=O)N2CCC(C)C(O)C2)CCCN1. The molecule has 3 atom stereocenters. The van der Waals surface area contributed by atoms with E-state index in [0.29, 0.717) is 12.5 Å². The number of carbonyl (C=O) groups is 1. The summed E-state index contributed by atoms with van der Waals surface area (Å²) >= 11 is 0. The van der Waals surface area contributed by atoms with Crippen LogP contribution in [0.5, 0.6) is 0 Å². The molecular formula is C14H26N2O2. The lowest BCUT2D eigenvalue weighted by Crippen LogP contribution is -2.58. The Balaban J connectivity index is 2.05. The highest BCUT2D eigenvalue weighted by molar-refractivity contribution is 5.87. The van der Waals surface area contributed by atoms with Gasteiger partial charge in [-0.2, -0.15) is 0 Å². The molecule has 3 unspecified atom stereocenters. The molecule has 18 heavy (non-hydrogen) atoms. The number of piperidine rings is 1. The van der Waals surface area contributed by atoms with Crippen LogP contribution in [0.4, 0.5) is 0 Å². The van der Waals surface area contributed by atoms with Gasteiger partial charge in [-0.05, 0) is 38.1 Å². The van der Waals surface area contributed by atoms with Gasteiger partial charge >= 0.3 is 0 Å². The van der Waals surface area contributed by atoms with Gasteiger partial charge in [0.05, 0.1) is 11.6 Å². The van der Waals surface area contributed by atoms with Gasteiger partial charge in [0.1, 0.15) is 0 Å². The zero-order chi connectivity index (χ0) is 13.2. The van der Waals surface area contributed by atoms with E-state index in [9.17, 15) is 9.90 Å². The maximum absolute atomic E-state index is 12.7. The van der Waals surface area contributed by atoms with Crippen LogP contribution in [0.3, 0.4) is 0 Å². The van der Waals surface area contributed by atoms with Crippen molar-refractivity contribution in [1.29, 1.82) is 0 Å². The highest BCUT2D eigenvalue weighted by Gasteiger charge is 2.43. The van der Waals surface area contributed by atoms with Gasteiger partial charge in [-0.3, -0.25) is 4.79 Å². The fraction of sp³-hybridized carbons (Fsp3) is 0.929. The van der Waals surface area contributed by atoms with Crippen LogP contribution in [0, 0.1) is 5.92 Å². The molecule has 2 fully saturated rings. The first-order valence-corrected chi connectivity index (χ1v) is 7.31. The van der Waals surface area contributed by atoms with E-state index in [1.54, 1.807) is 0 Å². The lowest BCUT2D eigenvalue weighted by molar-refractivity contribution is -0.142. The molecule has 0 spiro atoms. The quantitative estimate of drug-likeness (QED) is 0.794. The number of hydrogen-bond donors (Lipinski definition) is 2. The van der Waals surface area contributed by atoms with Crippen LogP contribution >= 0.6 is 0 Å². The second kappa shape index (κ2) is 5.57. The summed E-state index contributed by atoms with van der Waals surface area (Å²) in [6.07, 6.45) is 4.51. The molecule has 0 aromatic carbocycles. The number of likely N-dealkylation sites (tertiary alicyclic amines) is 1. The molecule has 104 valence electrons. The second-order valence-electron chi connectivity index (χ2n) is 5.95. The molecule has 0 aromatic heterocycles. The molecular weight excluding hydrogens is 228 g/mol. The molecule has 0 aliphatic carbocycles. The van der Waals surface area contributed by atoms with Gasteiger partial charge in [-0.1, -0.05) is 20.3 Å². The Morgan fingerprint density at radius 1 is 1.56 bits per heavy atom. The zero-order valence-corrected chi connectivity index (χ0v) is 11.6. The lowest BCUT2D eigenvalue weighted by Gasteiger charge is -2.40. The first kappa shape index (κ1) is 13.8. The van der Waals surface area contributed by atoms with Crippen molar-refractivity contribution < 1.29 is 9.90 Å². The van der Waals surface area contributed by atoms with Gasteiger partial charge in [0, 0.05) is 13.1 Å². The Hall–Kier alpha value is -0.610. The van der Waals surface area contributed by atoms with Crippen LogP contribution in [-0.4, -0.2) is 47.2 Å². The average Bonchev–Trinajstić information content (AvgIpc) is 2.82. The standard InChI is InChI=1S/C14H26N2O2/c1-3-6-14(7-4-8-15-14)13(18)16-9-5-11(2)12(17)10-16/h11-12,15,17H,3-10H2,1-2H3. The van der Waals surface area contributed by atoms with Crippen molar-refractivity contribution in [2.24, 2.45) is 5.92 Å². The first-order chi connectivity index (χ1) is 8.59. The van der Waals surface area contributed by atoms with Crippen molar-refractivity contribution in [2.75, 3.05) is 19.6 Å². The minimum atomic E-state index is -0.359. The smallest absolute Gasteiger partial charge is 0.242 e. The average molecular weight is 254 g/mol. The van der Waals surface area contributed by atoms with E-state index in [2.05, 4.69) is 19.2 Å². The van der Waals surface area contributed by atoms with E-state index in [-0.39, 0.29) is 17.6 Å². The highest BCUT2D eigenvalue weighted by atomic mass is 16.3. The molecule has 0 bridgehead atoms. The summed E-state index contributed by atoms with van der Waals surface area (Å²) in [4.78, 5) is 14.6. The van der Waals surface area contributed by atoms with Crippen molar-refractivity contribution in [3.8, 4) is 0 Å². The third-order valence-electron chi connectivity index (χ3n) is 4.54. The molecule has 0 aromatic rings. The topological polar surface area (TPSA) is 52.6 Å². The minimum Gasteiger partial charge on any atom is -0.391 e. The Kier molecular flexibility index (Phi) is 4.28. The van der Waals surface area contributed by atoms with Crippen LogP contribution in [0.1, 0.15) is 46.0 Å². The van der Waals surface area contributed by atoms with Gasteiger partial charge in [0.25, 0.3) is 0 Å². The maximum Gasteiger partial charge on any atom is 0.242 e. The predicted molar refractivity (Wildman–Crippen MR) is 71.2 cm³/mol. The van der Waals surface area contributed by atoms with Crippen molar-refractivity contribution in [2.45, 2.75) is 57.6 Å². The van der Waals surface area contributed by atoms with Crippen molar-refractivity contribution in [3.63, 3.8) is 0 Å². The van der Waals surface area contributed by atoms with Crippen molar-refractivity contribution in [1.82, 2.24) is 10.2 Å². The number of nitrogens with zero attached hydrogens (tertiary/aromatic N) is 1.